The Hall–Kier alpha value is -2.44. The third-order valence-corrected chi connectivity index (χ3v) is 3.65. The van der Waals surface area contributed by atoms with E-state index in [1.165, 1.54) is 0 Å². The number of nitrogens with zero attached hydrogens (tertiary/aromatic N) is 2. The SMILES string of the molecule is O=C(OCc1nnc(-c2ccccc2)o1)c1cc(F)c(Cl)cc1Cl. The van der Waals surface area contributed by atoms with Crippen LogP contribution in [0.2, 0.25) is 10.0 Å². The molecule has 0 saturated heterocycles. The van der Waals surface area contributed by atoms with Gasteiger partial charge in [0.25, 0.3) is 5.89 Å². The Balaban J connectivity index is 1.69. The first-order valence-electron chi connectivity index (χ1n) is 6.74. The van der Waals surface area contributed by atoms with Crippen molar-refractivity contribution in [3.05, 3.63) is 69.8 Å². The molecular formula is C16H9Cl2FN2O3. The fraction of sp³-hybridized carbons (Fsp3) is 0.0625. The lowest BCUT2D eigenvalue weighted by Crippen LogP contribution is -2.07. The minimum absolute atomic E-state index is 0.0121. The quantitative estimate of drug-likeness (QED) is 0.500. The minimum Gasteiger partial charge on any atom is -0.452 e. The number of aromatic nitrogens is 2. The predicted octanol–water partition coefficient (Wildman–Crippen LogP) is 4.54. The van der Waals surface area contributed by atoms with Gasteiger partial charge in [-0.25, -0.2) is 9.18 Å². The Bertz CT molecular complexity index is 884. The normalized spacial score (nSPS) is 10.6. The van der Waals surface area contributed by atoms with E-state index in [1.54, 1.807) is 12.1 Å². The Kier molecular flexibility index (Phi) is 4.78. The van der Waals surface area contributed by atoms with Gasteiger partial charge in [0.05, 0.1) is 15.6 Å². The van der Waals surface area contributed by atoms with E-state index in [9.17, 15) is 9.18 Å². The van der Waals surface area contributed by atoms with Crippen LogP contribution in [0.5, 0.6) is 0 Å². The fourth-order valence-corrected chi connectivity index (χ4v) is 2.35. The molecule has 0 spiro atoms. The second-order valence-electron chi connectivity index (χ2n) is 4.69. The first-order valence-corrected chi connectivity index (χ1v) is 7.49. The number of hydrogen-bond donors (Lipinski definition) is 0. The lowest BCUT2D eigenvalue weighted by Gasteiger charge is -2.05. The standard InChI is InChI=1S/C16H9Cl2FN2O3/c17-11-7-12(18)13(19)6-10(11)16(22)23-8-14-20-21-15(24-14)9-4-2-1-3-5-9/h1-7H,8H2. The summed E-state index contributed by atoms with van der Waals surface area (Å²) in [6.45, 7) is -0.265. The van der Waals surface area contributed by atoms with Crippen molar-refractivity contribution in [2.24, 2.45) is 0 Å². The molecule has 122 valence electrons. The number of hydrogen-bond acceptors (Lipinski definition) is 5. The summed E-state index contributed by atoms with van der Waals surface area (Å²) in [7, 11) is 0. The average molecular weight is 367 g/mol. The van der Waals surface area contributed by atoms with Gasteiger partial charge < -0.3 is 9.15 Å². The van der Waals surface area contributed by atoms with Crippen molar-refractivity contribution >= 4 is 29.2 Å². The Morgan fingerprint density at radius 1 is 1.12 bits per heavy atom. The van der Waals surface area contributed by atoms with E-state index in [2.05, 4.69) is 10.2 Å². The van der Waals surface area contributed by atoms with E-state index >= 15 is 0 Å². The van der Waals surface area contributed by atoms with Crippen LogP contribution < -0.4 is 0 Å². The van der Waals surface area contributed by atoms with Gasteiger partial charge in [-0.1, -0.05) is 41.4 Å². The third-order valence-electron chi connectivity index (χ3n) is 3.04. The number of ether oxygens (including phenoxy) is 1. The van der Waals surface area contributed by atoms with Gasteiger partial charge in [-0.2, -0.15) is 0 Å². The van der Waals surface area contributed by atoms with Crippen molar-refractivity contribution in [1.29, 1.82) is 0 Å². The molecule has 1 heterocycles. The number of esters is 1. The van der Waals surface area contributed by atoms with E-state index in [1.807, 2.05) is 18.2 Å². The van der Waals surface area contributed by atoms with Crippen molar-refractivity contribution in [1.82, 2.24) is 10.2 Å². The van der Waals surface area contributed by atoms with Gasteiger partial charge in [0, 0.05) is 5.56 Å². The molecule has 0 saturated carbocycles. The molecule has 0 N–H and O–H groups in total. The van der Waals surface area contributed by atoms with Crippen molar-refractivity contribution in [2.75, 3.05) is 0 Å². The molecule has 3 aromatic rings. The van der Waals surface area contributed by atoms with Gasteiger partial charge in [-0.3, -0.25) is 0 Å². The second-order valence-corrected chi connectivity index (χ2v) is 5.50. The molecule has 24 heavy (non-hydrogen) atoms. The largest absolute Gasteiger partial charge is 0.452 e. The summed E-state index contributed by atoms with van der Waals surface area (Å²) in [5.74, 6) is -1.18. The Morgan fingerprint density at radius 3 is 2.62 bits per heavy atom. The van der Waals surface area contributed by atoms with E-state index in [4.69, 9.17) is 32.4 Å². The summed E-state index contributed by atoms with van der Waals surface area (Å²) in [6, 6.07) is 11.2. The van der Waals surface area contributed by atoms with Crippen LogP contribution in [0.4, 0.5) is 4.39 Å². The van der Waals surface area contributed by atoms with Gasteiger partial charge in [-0.15, -0.1) is 10.2 Å². The highest BCUT2D eigenvalue weighted by atomic mass is 35.5. The lowest BCUT2D eigenvalue weighted by atomic mass is 10.2. The summed E-state index contributed by atoms with van der Waals surface area (Å²) in [5.41, 5.74) is 0.603. The second kappa shape index (κ2) is 6.98. The number of halogens is 3. The van der Waals surface area contributed by atoms with Crippen LogP contribution in [0.3, 0.4) is 0 Å². The van der Waals surface area contributed by atoms with E-state index < -0.39 is 11.8 Å². The molecule has 0 aliphatic rings. The highest BCUT2D eigenvalue weighted by molar-refractivity contribution is 6.36. The first-order chi connectivity index (χ1) is 11.5. The van der Waals surface area contributed by atoms with Crippen molar-refractivity contribution in [3.8, 4) is 11.5 Å². The fourth-order valence-electron chi connectivity index (χ4n) is 1.89. The summed E-state index contributed by atoms with van der Waals surface area (Å²) in [4.78, 5) is 12.0. The zero-order valence-electron chi connectivity index (χ0n) is 12.0. The smallest absolute Gasteiger partial charge is 0.340 e. The van der Waals surface area contributed by atoms with Gasteiger partial charge in [0.2, 0.25) is 5.89 Å². The zero-order chi connectivity index (χ0) is 17.1. The van der Waals surface area contributed by atoms with E-state index in [0.29, 0.717) is 5.89 Å². The predicted molar refractivity (Wildman–Crippen MR) is 85.3 cm³/mol. The third kappa shape index (κ3) is 3.55. The lowest BCUT2D eigenvalue weighted by molar-refractivity contribution is 0.0438. The molecule has 0 radical (unpaired) electrons. The molecule has 0 aliphatic carbocycles. The van der Waals surface area contributed by atoms with Crippen LogP contribution in [0.25, 0.3) is 11.5 Å². The summed E-state index contributed by atoms with van der Waals surface area (Å²) in [6.07, 6.45) is 0. The maximum atomic E-state index is 13.4. The van der Waals surface area contributed by atoms with Crippen LogP contribution in [0, 0.1) is 5.82 Å². The van der Waals surface area contributed by atoms with Crippen LogP contribution >= 0.6 is 23.2 Å². The van der Waals surface area contributed by atoms with Crippen molar-refractivity contribution in [2.45, 2.75) is 6.61 Å². The van der Waals surface area contributed by atoms with Crippen LogP contribution in [-0.2, 0) is 11.3 Å². The number of carbonyl (C=O) groups is 1. The molecule has 0 bridgehead atoms. The molecule has 3 rings (SSSR count). The summed E-state index contributed by atoms with van der Waals surface area (Å²) in [5, 5.41) is 7.47. The first kappa shape index (κ1) is 16.4. The maximum Gasteiger partial charge on any atom is 0.340 e. The number of carbonyl (C=O) groups excluding carboxylic acids is 1. The van der Waals surface area contributed by atoms with Gasteiger partial charge in [0.15, 0.2) is 6.61 Å². The highest BCUT2D eigenvalue weighted by Crippen LogP contribution is 2.25. The summed E-state index contributed by atoms with van der Waals surface area (Å²) >= 11 is 11.4. The van der Waals surface area contributed by atoms with E-state index in [-0.39, 0.29) is 28.1 Å². The highest BCUT2D eigenvalue weighted by Gasteiger charge is 2.17. The molecule has 8 heteroatoms. The van der Waals surface area contributed by atoms with Crippen molar-refractivity contribution < 1.29 is 18.3 Å². The topological polar surface area (TPSA) is 65.2 Å². The number of rotatable bonds is 4. The molecule has 0 aliphatic heterocycles. The molecule has 0 fully saturated rings. The monoisotopic (exact) mass is 366 g/mol. The molecule has 0 amide bonds. The molecular weight excluding hydrogens is 358 g/mol. The Labute approximate surface area is 146 Å². The van der Waals surface area contributed by atoms with Gasteiger partial charge >= 0.3 is 5.97 Å². The van der Waals surface area contributed by atoms with Crippen LogP contribution in [0.1, 0.15) is 16.2 Å². The van der Waals surface area contributed by atoms with Crippen molar-refractivity contribution in [3.63, 3.8) is 0 Å². The van der Waals surface area contributed by atoms with E-state index in [0.717, 1.165) is 17.7 Å². The van der Waals surface area contributed by atoms with Crippen LogP contribution in [0.15, 0.2) is 46.9 Å². The van der Waals surface area contributed by atoms with Gasteiger partial charge in [-0.05, 0) is 24.3 Å². The molecule has 5 nitrogen and oxygen atoms in total. The molecule has 0 unspecified atom stereocenters. The van der Waals surface area contributed by atoms with Gasteiger partial charge in [0.1, 0.15) is 5.82 Å². The average Bonchev–Trinajstić information content (AvgIpc) is 3.06. The Morgan fingerprint density at radius 2 is 1.88 bits per heavy atom. The minimum atomic E-state index is -0.824. The van der Waals surface area contributed by atoms with Crippen LogP contribution in [-0.4, -0.2) is 16.2 Å². The molecule has 2 aromatic carbocycles. The summed E-state index contributed by atoms with van der Waals surface area (Å²) < 4.78 is 23.8. The zero-order valence-corrected chi connectivity index (χ0v) is 13.5. The number of benzene rings is 2. The molecule has 1 aromatic heterocycles. The molecule has 0 atom stereocenters. The maximum absolute atomic E-state index is 13.4.